The minimum atomic E-state index is -0.227. The van der Waals surface area contributed by atoms with E-state index in [4.69, 9.17) is 0 Å². The molecular formula is C14H19NO3. The van der Waals surface area contributed by atoms with E-state index >= 15 is 0 Å². The van der Waals surface area contributed by atoms with Gasteiger partial charge >= 0.3 is 0 Å². The van der Waals surface area contributed by atoms with Crippen molar-refractivity contribution in [1.29, 1.82) is 0 Å². The van der Waals surface area contributed by atoms with Gasteiger partial charge in [0.15, 0.2) is 5.78 Å². The molecule has 2 N–H and O–H groups in total. The van der Waals surface area contributed by atoms with Crippen molar-refractivity contribution < 1.29 is 14.7 Å². The Kier molecular flexibility index (Phi) is 5.36. The molecule has 0 spiro atoms. The first-order chi connectivity index (χ1) is 8.54. The number of benzene rings is 1. The van der Waals surface area contributed by atoms with Crippen LogP contribution in [0.1, 0.15) is 49.9 Å². The molecule has 0 heterocycles. The van der Waals surface area contributed by atoms with Gasteiger partial charge in [-0.1, -0.05) is 19.8 Å². The van der Waals surface area contributed by atoms with Gasteiger partial charge in [-0.25, -0.2) is 0 Å². The molecule has 0 aliphatic rings. The molecule has 1 rings (SSSR count). The maximum Gasteiger partial charge on any atom is 0.224 e. The lowest BCUT2D eigenvalue weighted by molar-refractivity contribution is -0.116. The second-order valence-electron chi connectivity index (χ2n) is 4.29. The summed E-state index contributed by atoms with van der Waals surface area (Å²) >= 11 is 0. The molecule has 1 aromatic rings. The van der Waals surface area contributed by atoms with Gasteiger partial charge in [0, 0.05) is 12.1 Å². The second-order valence-corrected chi connectivity index (χ2v) is 4.29. The number of rotatable bonds is 6. The van der Waals surface area contributed by atoms with E-state index in [0.29, 0.717) is 12.1 Å². The summed E-state index contributed by atoms with van der Waals surface area (Å²) in [6.45, 7) is 3.46. The molecule has 18 heavy (non-hydrogen) atoms. The van der Waals surface area contributed by atoms with Crippen molar-refractivity contribution in [2.45, 2.75) is 39.5 Å². The van der Waals surface area contributed by atoms with Crippen molar-refractivity contribution in [1.82, 2.24) is 0 Å². The van der Waals surface area contributed by atoms with Crippen LogP contribution < -0.4 is 5.32 Å². The van der Waals surface area contributed by atoms with E-state index in [9.17, 15) is 14.7 Å². The van der Waals surface area contributed by atoms with E-state index in [1.54, 1.807) is 6.07 Å². The maximum absolute atomic E-state index is 11.6. The van der Waals surface area contributed by atoms with E-state index in [-0.39, 0.29) is 23.0 Å². The molecule has 0 saturated carbocycles. The number of phenolic OH excluding ortho intramolecular Hbond substituents is 1. The predicted molar refractivity (Wildman–Crippen MR) is 70.9 cm³/mol. The van der Waals surface area contributed by atoms with Crippen LogP contribution in [0.5, 0.6) is 5.75 Å². The summed E-state index contributed by atoms with van der Waals surface area (Å²) < 4.78 is 0. The van der Waals surface area contributed by atoms with Gasteiger partial charge in [0.1, 0.15) is 5.75 Å². The summed E-state index contributed by atoms with van der Waals surface area (Å²) in [5, 5.41) is 12.2. The highest BCUT2D eigenvalue weighted by Crippen LogP contribution is 2.22. The Labute approximate surface area is 107 Å². The molecule has 0 radical (unpaired) electrons. The summed E-state index contributed by atoms with van der Waals surface area (Å²) in [5.41, 5.74) is 0.765. The van der Waals surface area contributed by atoms with Crippen LogP contribution in [0.15, 0.2) is 18.2 Å². The number of hydrogen-bond donors (Lipinski definition) is 2. The molecular weight excluding hydrogens is 230 g/mol. The van der Waals surface area contributed by atoms with Crippen molar-refractivity contribution >= 4 is 17.4 Å². The number of ketones is 1. The van der Waals surface area contributed by atoms with E-state index in [0.717, 1.165) is 19.3 Å². The Morgan fingerprint density at radius 3 is 2.61 bits per heavy atom. The number of anilines is 1. The molecule has 0 aliphatic carbocycles. The van der Waals surface area contributed by atoms with Gasteiger partial charge < -0.3 is 10.4 Å². The van der Waals surface area contributed by atoms with Crippen molar-refractivity contribution in [3.63, 3.8) is 0 Å². The average Bonchev–Trinajstić information content (AvgIpc) is 2.31. The lowest BCUT2D eigenvalue weighted by atomic mass is 10.1. The van der Waals surface area contributed by atoms with Crippen molar-refractivity contribution in [3.8, 4) is 5.75 Å². The molecule has 1 amide bonds. The SMILES string of the molecule is CCCCCC(=O)Nc1ccc(O)c(C(C)=O)c1. The number of amides is 1. The number of phenols is 1. The van der Waals surface area contributed by atoms with E-state index in [2.05, 4.69) is 12.2 Å². The third-order valence-corrected chi connectivity index (χ3v) is 2.67. The lowest BCUT2D eigenvalue weighted by Gasteiger charge is -2.07. The van der Waals surface area contributed by atoms with Crippen molar-refractivity contribution in [2.75, 3.05) is 5.32 Å². The van der Waals surface area contributed by atoms with Crippen LogP contribution >= 0.6 is 0 Å². The van der Waals surface area contributed by atoms with Crippen LogP contribution in [0.2, 0.25) is 0 Å². The summed E-state index contributed by atoms with van der Waals surface area (Å²) in [6.07, 6.45) is 3.44. The van der Waals surface area contributed by atoms with Gasteiger partial charge in [0.2, 0.25) is 5.91 Å². The molecule has 0 atom stereocenters. The monoisotopic (exact) mass is 249 g/mol. The fraction of sp³-hybridized carbons (Fsp3) is 0.429. The number of Topliss-reactive ketones (excluding diaryl/α,β-unsaturated/α-hetero) is 1. The lowest BCUT2D eigenvalue weighted by Crippen LogP contribution is -2.11. The van der Waals surface area contributed by atoms with E-state index in [1.807, 2.05) is 0 Å². The Hall–Kier alpha value is -1.84. The molecule has 1 aromatic carbocycles. The topological polar surface area (TPSA) is 66.4 Å². The molecule has 0 saturated heterocycles. The van der Waals surface area contributed by atoms with Gasteiger partial charge in [-0.05, 0) is 31.5 Å². The van der Waals surface area contributed by atoms with Crippen LogP contribution in [-0.4, -0.2) is 16.8 Å². The zero-order valence-corrected chi connectivity index (χ0v) is 10.8. The Balaban J connectivity index is 2.65. The van der Waals surface area contributed by atoms with Crippen LogP contribution in [-0.2, 0) is 4.79 Å². The fourth-order valence-electron chi connectivity index (χ4n) is 1.65. The van der Waals surface area contributed by atoms with Crippen molar-refractivity contribution in [2.24, 2.45) is 0 Å². The fourth-order valence-corrected chi connectivity index (χ4v) is 1.65. The highest BCUT2D eigenvalue weighted by Gasteiger charge is 2.09. The molecule has 0 fully saturated rings. The smallest absolute Gasteiger partial charge is 0.224 e. The average molecular weight is 249 g/mol. The van der Waals surface area contributed by atoms with Gasteiger partial charge in [0.25, 0.3) is 0 Å². The molecule has 0 unspecified atom stereocenters. The Bertz CT molecular complexity index is 441. The van der Waals surface area contributed by atoms with Gasteiger partial charge in [-0.2, -0.15) is 0 Å². The first-order valence-corrected chi connectivity index (χ1v) is 6.18. The van der Waals surface area contributed by atoms with Gasteiger partial charge in [-0.15, -0.1) is 0 Å². The first-order valence-electron chi connectivity index (χ1n) is 6.18. The standard InChI is InChI=1S/C14H19NO3/c1-3-4-5-6-14(18)15-11-7-8-13(17)12(9-11)10(2)16/h7-9,17H,3-6H2,1-2H3,(H,15,18). The predicted octanol–water partition coefficient (Wildman–Crippen LogP) is 3.11. The molecule has 4 heteroatoms. The molecule has 0 bridgehead atoms. The zero-order chi connectivity index (χ0) is 13.5. The van der Waals surface area contributed by atoms with Gasteiger partial charge in [-0.3, -0.25) is 9.59 Å². The number of hydrogen-bond acceptors (Lipinski definition) is 3. The normalized spacial score (nSPS) is 10.1. The molecule has 0 aliphatic heterocycles. The molecule has 98 valence electrons. The zero-order valence-electron chi connectivity index (χ0n) is 10.8. The maximum atomic E-state index is 11.6. The van der Waals surface area contributed by atoms with Crippen LogP contribution in [0.25, 0.3) is 0 Å². The van der Waals surface area contributed by atoms with E-state index < -0.39 is 0 Å². The largest absolute Gasteiger partial charge is 0.507 e. The molecule has 4 nitrogen and oxygen atoms in total. The molecule has 0 aromatic heterocycles. The second kappa shape index (κ2) is 6.79. The third kappa shape index (κ3) is 4.20. The van der Waals surface area contributed by atoms with Crippen LogP contribution in [0.3, 0.4) is 0 Å². The van der Waals surface area contributed by atoms with Gasteiger partial charge in [0.05, 0.1) is 5.56 Å². The Morgan fingerprint density at radius 2 is 2.00 bits per heavy atom. The number of unbranched alkanes of at least 4 members (excludes halogenated alkanes) is 2. The third-order valence-electron chi connectivity index (χ3n) is 2.67. The minimum Gasteiger partial charge on any atom is -0.507 e. The summed E-state index contributed by atoms with van der Waals surface area (Å²) in [7, 11) is 0. The highest BCUT2D eigenvalue weighted by molar-refractivity contribution is 5.99. The number of aromatic hydroxyl groups is 1. The Morgan fingerprint density at radius 1 is 1.28 bits per heavy atom. The van der Waals surface area contributed by atoms with Crippen molar-refractivity contribution in [3.05, 3.63) is 23.8 Å². The summed E-state index contributed by atoms with van der Waals surface area (Å²) in [4.78, 5) is 22.8. The summed E-state index contributed by atoms with van der Waals surface area (Å²) in [5.74, 6) is -0.357. The minimum absolute atomic E-state index is 0.0634. The van der Waals surface area contributed by atoms with E-state index in [1.165, 1.54) is 19.1 Å². The highest BCUT2D eigenvalue weighted by atomic mass is 16.3. The van der Waals surface area contributed by atoms with Crippen LogP contribution in [0.4, 0.5) is 5.69 Å². The van der Waals surface area contributed by atoms with Crippen LogP contribution in [0, 0.1) is 0 Å². The summed E-state index contributed by atoms with van der Waals surface area (Å²) in [6, 6.07) is 4.49. The number of carbonyl (C=O) groups excluding carboxylic acids is 2. The number of carbonyl (C=O) groups is 2. The first kappa shape index (κ1) is 14.2. The number of nitrogens with one attached hydrogen (secondary N) is 1. The quantitative estimate of drug-likeness (QED) is 0.462.